The van der Waals surface area contributed by atoms with Gasteiger partial charge in [0.1, 0.15) is 0 Å². The van der Waals surface area contributed by atoms with Crippen LogP contribution in [0.4, 0.5) is 0 Å². The van der Waals surface area contributed by atoms with Gasteiger partial charge in [0.2, 0.25) is 5.91 Å². The minimum absolute atomic E-state index is 0. The molecule has 0 bridgehead atoms. The molecule has 2 aliphatic heterocycles. The number of benzene rings is 1. The lowest BCUT2D eigenvalue weighted by Gasteiger charge is -2.33. The van der Waals surface area contributed by atoms with E-state index >= 15 is 0 Å². The van der Waals surface area contributed by atoms with E-state index in [2.05, 4.69) is 47.6 Å². The number of piperidine rings is 1. The summed E-state index contributed by atoms with van der Waals surface area (Å²) >= 11 is 0. The van der Waals surface area contributed by atoms with Crippen LogP contribution in [0.1, 0.15) is 42.4 Å². The molecule has 0 aromatic heterocycles. The summed E-state index contributed by atoms with van der Waals surface area (Å²) in [5.74, 6) is 0.772. The van der Waals surface area contributed by atoms with Crippen LogP contribution in [0.15, 0.2) is 18.2 Å². The van der Waals surface area contributed by atoms with Gasteiger partial charge in [0.15, 0.2) is 0 Å². The molecule has 2 fully saturated rings. The minimum Gasteiger partial charge on any atom is -0.354 e. The van der Waals surface area contributed by atoms with E-state index in [0.29, 0.717) is 5.92 Å². The van der Waals surface area contributed by atoms with E-state index in [0.717, 1.165) is 39.0 Å². The topological polar surface area (TPSA) is 44.4 Å². The first kappa shape index (κ1) is 20.2. The van der Waals surface area contributed by atoms with Gasteiger partial charge in [0, 0.05) is 19.6 Å². The van der Waals surface area contributed by atoms with Crippen molar-refractivity contribution in [2.24, 2.45) is 5.92 Å². The average molecular weight is 366 g/mol. The summed E-state index contributed by atoms with van der Waals surface area (Å²) in [6.45, 7) is 9.42. The lowest BCUT2D eigenvalue weighted by atomic mass is 9.97. The number of halogens is 1. The number of carbonyl (C=O) groups excluding carboxylic acids is 1. The predicted molar refractivity (Wildman–Crippen MR) is 105 cm³/mol. The molecule has 1 aromatic rings. The van der Waals surface area contributed by atoms with Gasteiger partial charge in [-0.2, -0.15) is 0 Å². The molecule has 2 heterocycles. The van der Waals surface area contributed by atoms with Gasteiger partial charge in [-0.3, -0.25) is 9.69 Å². The number of carbonyl (C=O) groups is 1. The number of nitrogens with zero attached hydrogens (tertiary/aromatic N) is 1. The fraction of sp³-hybridized carbons (Fsp3) is 0.650. The molecule has 5 heteroatoms. The standard InChI is InChI=1S/C20H31N3O.ClH/c1-15-9-16(2)11-18(10-15)14-23-8-4-5-17(13-23)12-22-20(24)19-6-3-7-21-19;/h9-11,17,19,21H,3-8,12-14H2,1-2H3,(H,22,24);1H. The fourth-order valence-electron chi connectivity index (χ4n) is 4.16. The number of aryl methyl sites for hydroxylation is 2. The van der Waals surface area contributed by atoms with Crippen LogP contribution >= 0.6 is 12.4 Å². The van der Waals surface area contributed by atoms with Crippen molar-refractivity contribution in [3.8, 4) is 0 Å². The highest BCUT2D eigenvalue weighted by Crippen LogP contribution is 2.19. The Balaban J connectivity index is 0.00000225. The van der Waals surface area contributed by atoms with E-state index in [4.69, 9.17) is 0 Å². The van der Waals surface area contributed by atoms with E-state index in [-0.39, 0.29) is 24.4 Å². The van der Waals surface area contributed by atoms with Gasteiger partial charge in [0.25, 0.3) is 0 Å². The van der Waals surface area contributed by atoms with Gasteiger partial charge in [-0.05, 0) is 64.1 Å². The van der Waals surface area contributed by atoms with E-state index < -0.39 is 0 Å². The summed E-state index contributed by atoms with van der Waals surface area (Å²) in [6.07, 6.45) is 4.55. The molecule has 2 N–H and O–H groups in total. The Morgan fingerprint density at radius 3 is 2.64 bits per heavy atom. The molecule has 2 aliphatic rings. The SMILES string of the molecule is Cc1cc(C)cc(CN2CCCC(CNC(=O)C3CCCN3)C2)c1.Cl. The van der Waals surface area contributed by atoms with Crippen LogP contribution in [0.3, 0.4) is 0 Å². The van der Waals surface area contributed by atoms with Crippen LogP contribution in [0.25, 0.3) is 0 Å². The highest BCUT2D eigenvalue weighted by molar-refractivity contribution is 5.85. The number of nitrogens with one attached hydrogen (secondary N) is 2. The molecule has 1 amide bonds. The minimum atomic E-state index is 0. The van der Waals surface area contributed by atoms with Gasteiger partial charge >= 0.3 is 0 Å². The first-order valence-corrected chi connectivity index (χ1v) is 9.41. The van der Waals surface area contributed by atoms with E-state index in [1.165, 1.54) is 36.1 Å². The number of hydrogen-bond acceptors (Lipinski definition) is 3. The second-order valence-corrected chi connectivity index (χ2v) is 7.63. The Kier molecular flexibility index (Phi) is 7.73. The molecular weight excluding hydrogens is 334 g/mol. The third kappa shape index (κ3) is 5.98. The van der Waals surface area contributed by atoms with Crippen LogP contribution in [-0.2, 0) is 11.3 Å². The molecule has 25 heavy (non-hydrogen) atoms. The zero-order valence-corrected chi connectivity index (χ0v) is 16.3. The van der Waals surface area contributed by atoms with Crippen molar-refractivity contribution >= 4 is 18.3 Å². The summed E-state index contributed by atoms with van der Waals surface area (Å²) < 4.78 is 0. The van der Waals surface area contributed by atoms with E-state index in [9.17, 15) is 4.79 Å². The molecule has 140 valence electrons. The van der Waals surface area contributed by atoms with Crippen molar-refractivity contribution in [3.63, 3.8) is 0 Å². The van der Waals surface area contributed by atoms with Crippen molar-refractivity contribution in [2.45, 2.75) is 52.1 Å². The summed E-state index contributed by atoms with van der Waals surface area (Å²) in [5, 5.41) is 6.44. The number of hydrogen-bond donors (Lipinski definition) is 2. The molecule has 2 saturated heterocycles. The molecule has 2 atom stereocenters. The Morgan fingerprint density at radius 2 is 1.96 bits per heavy atom. The van der Waals surface area contributed by atoms with Crippen molar-refractivity contribution in [1.29, 1.82) is 0 Å². The highest BCUT2D eigenvalue weighted by Gasteiger charge is 2.24. The smallest absolute Gasteiger partial charge is 0.237 e. The van der Waals surface area contributed by atoms with Crippen LogP contribution in [-0.4, -0.2) is 43.0 Å². The number of likely N-dealkylation sites (tertiary alicyclic amines) is 1. The van der Waals surface area contributed by atoms with Gasteiger partial charge in [-0.15, -0.1) is 12.4 Å². The molecule has 0 spiro atoms. The monoisotopic (exact) mass is 365 g/mol. The third-order valence-corrected chi connectivity index (χ3v) is 5.23. The lowest BCUT2D eigenvalue weighted by molar-refractivity contribution is -0.123. The maximum Gasteiger partial charge on any atom is 0.237 e. The van der Waals surface area contributed by atoms with E-state index in [1.54, 1.807) is 0 Å². The normalized spacial score (nSPS) is 23.9. The lowest BCUT2D eigenvalue weighted by Crippen LogP contribution is -2.45. The summed E-state index contributed by atoms with van der Waals surface area (Å²) in [7, 11) is 0. The molecule has 0 radical (unpaired) electrons. The maximum absolute atomic E-state index is 12.1. The van der Waals surface area contributed by atoms with Crippen LogP contribution < -0.4 is 10.6 Å². The van der Waals surface area contributed by atoms with Crippen molar-refractivity contribution < 1.29 is 4.79 Å². The second kappa shape index (κ2) is 9.56. The first-order chi connectivity index (χ1) is 11.6. The molecule has 0 saturated carbocycles. The summed E-state index contributed by atoms with van der Waals surface area (Å²) in [4.78, 5) is 14.7. The predicted octanol–water partition coefficient (Wildman–Crippen LogP) is 2.81. The number of rotatable bonds is 5. The van der Waals surface area contributed by atoms with Gasteiger partial charge in [0.05, 0.1) is 6.04 Å². The van der Waals surface area contributed by atoms with Gasteiger partial charge < -0.3 is 10.6 Å². The molecule has 0 aliphatic carbocycles. The molecule has 1 aromatic carbocycles. The Labute approximate surface area is 158 Å². The molecule has 4 nitrogen and oxygen atoms in total. The Morgan fingerprint density at radius 1 is 1.20 bits per heavy atom. The fourth-order valence-corrected chi connectivity index (χ4v) is 4.16. The average Bonchev–Trinajstić information content (AvgIpc) is 3.06. The zero-order valence-electron chi connectivity index (χ0n) is 15.5. The Bertz CT molecular complexity index is 552. The Hall–Kier alpha value is -1.10. The maximum atomic E-state index is 12.1. The largest absolute Gasteiger partial charge is 0.354 e. The van der Waals surface area contributed by atoms with Crippen molar-refractivity contribution in [3.05, 3.63) is 34.9 Å². The molecule has 3 rings (SSSR count). The molecular formula is C20H32ClN3O. The third-order valence-electron chi connectivity index (χ3n) is 5.23. The first-order valence-electron chi connectivity index (χ1n) is 9.41. The van der Waals surface area contributed by atoms with Gasteiger partial charge in [-0.1, -0.05) is 29.3 Å². The summed E-state index contributed by atoms with van der Waals surface area (Å²) in [5.41, 5.74) is 4.09. The second-order valence-electron chi connectivity index (χ2n) is 7.63. The van der Waals surface area contributed by atoms with Crippen molar-refractivity contribution in [2.75, 3.05) is 26.2 Å². The summed E-state index contributed by atoms with van der Waals surface area (Å²) in [6, 6.07) is 6.86. The van der Waals surface area contributed by atoms with Crippen LogP contribution in [0.5, 0.6) is 0 Å². The van der Waals surface area contributed by atoms with E-state index in [1.807, 2.05) is 0 Å². The quantitative estimate of drug-likeness (QED) is 0.843. The molecule has 2 unspecified atom stereocenters. The highest BCUT2D eigenvalue weighted by atomic mass is 35.5. The van der Waals surface area contributed by atoms with Crippen molar-refractivity contribution in [1.82, 2.24) is 15.5 Å². The number of amides is 1. The zero-order chi connectivity index (χ0) is 16.9. The van der Waals surface area contributed by atoms with Crippen LogP contribution in [0, 0.1) is 19.8 Å². The van der Waals surface area contributed by atoms with Gasteiger partial charge in [-0.25, -0.2) is 0 Å². The van der Waals surface area contributed by atoms with Crippen LogP contribution in [0.2, 0.25) is 0 Å².